The zero-order valence-electron chi connectivity index (χ0n) is 31.5. The number of ether oxygens (including phenoxy) is 2. The predicted molar refractivity (Wildman–Crippen MR) is 203 cm³/mol. The normalized spacial score (nSPS) is 14.5. The molecule has 0 radical (unpaired) electrons. The second-order valence-corrected chi connectivity index (χ2v) is 14.5. The van der Waals surface area contributed by atoms with Crippen LogP contribution in [0.1, 0.15) is 162 Å². The Morgan fingerprint density at radius 2 is 1.16 bits per heavy atom. The number of phosphoric ester groups is 1. The summed E-state index contributed by atoms with van der Waals surface area (Å²) in [5, 5.41) is 8.86. The van der Waals surface area contributed by atoms with Crippen LogP contribution in [0.3, 0.4) is 0 Å². The monoisotopic (exact) mass is 729 g/mol. The summed E-state index contributed by atoms with van der Waals surface area (Å²) < 4.78 is 33.2. The van der Waals surface area contributed by atoms with Crippen molar-refractivity contribution in [2.24, 2.45) is 5.73 Å². The number of phosphoric acid groups is 1. The summed E-state index contributed by atoms with van der Waals surface area (Å²) in [6.45, 7) is 3.73. The van der Waals surface area contributed by atoms with Crippen LogP contribution in [0.15, 0.2) is 36.5 Å². The molecule has 3 atom stereocenters. The van der Waals surface area contributed by atoms with Crippen LogP contribution in [0.5, 0.6) is 0 Å². The molecule has 0 heterocycles. The number of carbonyl (C=O) groups excluding carboxylic acids is 1. The molecule has 0 spiro atoms. The third-order valence-corrected chi connectivity index (χ3v) is 9.13. The number of hydrogen-bond acceptors (Lipinski definition) is 8. The molecule has 0 rings (SSSR count). The van der Waals surface area contributed by atoms with Gasteiger partial charge in [-0.15, -0.1) is 0 Å². The minimum atomic E-state index is -4.61. The van der Waals surface area contributed by atoms with Gasteiger partial charge in [0, 0.05) is 13.0 Å². The van der Waals surface area contributed by atoms with Gasteiger partial charge in [0.25, 0.3) is 0 Å². The van der Waals surface area contributed by atoms with Gasteiger partial charge in [-0.2, -0.15) is 0 Å². The number of esters is 1. The van der Waals surface area contributed by atoms with E-state index in [1.807, 2.05) is 0 Å². The number of carbonyl (C=O) groups is 2. The van der Waals surface area contributed by atoms with E-state index in [9.17, 15) is 19.0 Å². The highest BCUT2D eigenvalue weighted by Crippen LogP contribution is 2.43. The van der Waals surface area contributed by atoms with Gasteiger partial charge < -0.3 is 25.2 Å². The number of nitrogens with two attached hydrogens (primary N) is 1. The summed E-state index contributed by atoms with van der Waals surface area (Å²) in [6, 6.07) is -1.47. The first-order valence-electron chi connectivity index (χ1n) is 19.5. The number of rotatable bonds is 37. The van der Waals surface area contributed by atoms with Gasteiger partial charge in [0.1, 0.15) is 12.1 Å². The second kappa shape index (κ2) is 35.6. The highest BCUT2D eigenvalue weighted by molar-refractivity contribution is 7.47. The van der Waals surface area contributed by atoms with E-state index >= 15 is 0 Å². The highest BCUT2D eigenvalue weighted by atomic mass is 31.2. The fourth-order valence-corrected chi connectivity index (χ4v) is 5.92. The summed E-state index contributed by atoms with van der Waals surface area (Å²) in [7, 11) is -4.61. The summed E-state index contributed by atoms with van der Waals surface area (Å²) in [6.07, 6.45) is 37.7. The molecule has 0 saturated heterocycles. The molecule has 11 heteroatoms. The molecular formula is C39H72NO9P. The van der Waals surface area contributed by atoms with Crippen LogP contribution in [0, 0.1) is 0 Å². The topological polar surface area (TPSA) is 155 Å². The Bertz CT molecular complexity index is 941. The van der Waals surface area contributed by atoms with Crippen molar-refractivity contribution in [2.45, 2.75) is 174 Å². The molecule has 0 aromatic rings. The lowest BCUT2D eigenvalue weighted by atomic mass is 10.1. The van der Waals surface area contributed by atoms with Gasteiger partial charge in [0.2, 0.25) is 0 Å². The van der Waals surface area contributed by atoms with Gasteiger partial charge >= 0.3 is 19.8 Å². The summed E-state index contributed by atoms with van der Waals surface area (Å²) in [5.41, 5.74) is 5.33. The molecule has 0 aliphatic carbocycles. The lowest BCUT2D eigenvalue weighted by molar-refractivity contribution is -0.154. The van der Waals surface area contributed by atoms with Crippen molar-refractivity contribution in [2.75, 3.05) is 26.4 Å². The molecule has 50 heavy (non-hydrogen) atoms. The van der Waals surface area contributed by atoms with Crippen molar-refractivity contribution < 1.29 is 42.7 Å². The van der Waals surface area contributed by atoms with Crippen molar-refractivity contribution in [3.63, 3.8) is 0 Å². The zero-order chi connectivity index (χ0) is 37.0. The first-order chi connectivity index (χ1) is 24.2. The minimum absolute atomic E-state index is 0.0133. The molecule has 0 aliphatic heterocycles. The van der Waals surface area contributed by atoms with E-state index in [2.05, 4.69) is 54.8 Å². The molecule has 0 bridgehead atoms. The Hall–Kier alpha value is -1.81. The van der Waals surface area contributed by atoms with Gasteiger partial charge in [-0.1, -0.05) is 147 Å². The van der Waals surface area contributed by atoms with Gasteiger partial charge in [-0.05, 0) is 44.9 Å². The molecule has 0 amide bonds. The molecular weight excluding hydrogens is 657 g/mol. The van der Waals surface area contributed by atoms with Gasteiger partial charge in [0.05, 0.1) is 19.8 Å². The average Bonchev–Trinajstić information content (AvgIpc) is 3.09. The van der Waals surface area contributed by atoms with Crippen molar-refractivity contribution in [1.29, 1.82) is 0 Å². The molecule has 0 aromatic heterocycles. The van der Waals surface area contributed by atoms with E-state index in [1.165, 1.54) is 70.6 Å². The SMILES string of the molecule is CC/C=C\C/C=C\C/C=C\CCCCCCCCCCOCC(COP(=O)(O)OCC(N)C(=O)O)OC(=O)CCCCCCCCCCCC. The number of allylic oxidation sites excluding steroid dienone is 6. The summed E-state index contributed by atoms with van der Waals surface area (Å²) in [4.78, 5) is 33.3. The van der Waals surface area contributed by atoms with Gasteiger partial charge in [-0.3, -0.25) is 18.6 Å². The van der Waals surface area contributed by atoms with Gasteiger partial charge in [0.15, 0.2) is 0 Å². The third-order valence-electron chi connectivity index (χ3n) is 8.18. The van der Waals surface area contributed by atoms with Crippen LogP contribution in [0.25, 0.3) is 0 Å². The van der Waals surface area contributed by atoms with E-state index in [0.29, 0.717) is 13.0 Å². The van der Waals surface area contributed by atoms with E-state index in [0.717, 1.165) is 64.2 Å². The van der Waals surface area contributed by atoms with Crippen LogP contribution < -0.4 is 5.73 Å². The fourth-order valence-electron chi connectivity index (χ4n) is 5.15. The number of unbranched alkanes of at least 4 members (excludes halogenated alkanes) is 17. The molecule has 10 nitrogen and oxygen atoms in total. The standard InChI is InChI=1S/C39H72NO9P/c1-3-5-7-9-11-13-15-16-17-18-19-20-21-22-24-26-28-30-32-46-33-36(34-47-50(44,45)48-35-37(40)39(42)43)49-38(41)31-29-27-25-23-14-12-10-8-6-4-2/h5,7,11,13,16-17,36-37H,3-4,6,8-10,12,14-15,18-35,40H2,1-2H3,(H,42,43)(H,44,45)/b7-5-,13-11-,17-16-. The van der Waals surface area contributed by atoms with Crippen LogP contribution in [0.2, 0.25) is 0 Å². The molecule has 0 saturated carbocycles. The Labute approximate surface area is 304 Å². The van der Waals surface area contributed by atoms with Crippen molar-refractivity contribution in [3.8, 4) is 0 Å². The lowest BCUT2D eigenvalue weighted by Gasteiger charge is -2.20. The number of carboxylic acids is 1. The maximum atomic E-state index is 12.5. The quantitative estimate of drug-likeness (QED) is 0.0243. The van der Waals surface area contributed by atoms with Crippen LogP contribution >= 0.6 is 7.82 Å². The maximum absolute atomic E-state index is 12.5. The van der Waals surface area contributed by atoms with Crippen molar-refractivity contribution >= 4 is 19.8 Å². The van der Waals surface area contributed by atoms with E-state index in [1.54, 1.807) is 0 Å². The smallest absolute Gasteiger partial charge is 0.472 e. The van der Waals surface area contributed by atoms with Gasteiger partial charge in [-0.25, -0.2) is 4.57 Å². The third kappa shape index (κ3) is 34.6. The minimum Gasteiger partial charge on any atom is -0.480 e. The van der Waals surface area contributed by atoms with Crippen LogP contribution in [-0.2, 0) is 32.7 Å². The zero-order valence-corrected chi connectivity index (χ0v) is 32.4. The van der Waals surface area contributed by atoms with Crippen LogP contribution in [-0.4, -0.2) is 60.5 Å². The Balaban J connectivity index is 4.24. The second-order valence-electron chi connectivity index (χ2n) is 13.0. The largest absolute Gasteiger partial charge is 0.480 e. The Morgan fingerprint density at radius 3 is 1.74 bits per heavy atom. The Morgan fingerprint density at radius 1 is 0.660 bits per heavy atom. The summed E-state index contributed by atoms with van der Waals surface area (Å²) >= 11 is 0. The van der Waals surface area contributed by atoms with E-state index in [-0.39, 0.29) is 13.0 Å². The number of hydrogen-bond donors (Lipinski definition) is 3. The Kier molecular flexibility index (Phi) is 34.3. The summed E-state index contributed by atoms with van der Waals surface area (Å²) in [5.74, 6) is -1.78. The molecule has 292 valence electrons. The average molecular weight is 730 g/mol. The first-order valence-corrected chi connectivity index (χ1v) is 21.0. The predicted octanol–water partition coefficient (Wildman–Crippen LogP) is 10.1. The molecule has 0 aliphatic rings. The molecule has 0 fully saturated rings. The molecule has 0 aromatic carbocycles. The van der Waals surface area contributed by atoms with E-state index < -0.39 is 45.1 Å². The van der Waals surface area contributed by atoms with Crippen LogP contribution in [0.4, 0.5) is 0 Å². The highest BCUT2D eigenvalue weighted by Gasteiger charge is 2.27. The maximum Gasteiger partial charge on any atom is 0.472 e. The number of aliphatic carboxylic acids is 1. The number of carboxylic acid groups (broad SMARTS) is 1. The fraction of sp³-hybridized carbons (Fsp3) is 0.795. The van der Waals surface area contributed by atoms with Crippen molar-refractivity contribution in [1.82, 2.24) is 0 Å². The first kappa shape index (κ1) is 48.2. The van der Waals surface area contributed by atoms with E-state index in [4.69, 9.17) is 24.8 Å². The van der Waals surface area contributed by atoms with Crippen molar-refractivity contribution in [3.05, 3.63) is 36.5 Å². The molecule has 4 N–H and O–H groups in total. The lowest BCUT2D eigenvalue weighted by Crippen LogP contribution is -2.34. The molecule has 3 unspecified atom stereocenters.